The average molecular weight is 350 g/mol. The number of ketones is 1. The normalized spacial score (nSPS) is 10.5. The van der Waals surface area contributed by atoms with Crippen molar-refractivity contribution in [2.45, 2.75) is 13.8 Å². The molecule has 6 nitrogen and oxygen atoms in total. The topological polar surface area (TPSA) is 81.2 Å². The van der Waals surface area contributed by atoms with Crippen LogP contribution in [0, 0.1) is 13.8 Å². The molecule has 0 aliphatic heterocycles. The molecule has 0 saturated heterocycles. The van der Waals surface area contributed by atoms with Crippen LogP contribution in [0.3, 0.4) is 0 Å². The Morgan fingerprint density at radius 1 is 0.962 bits per heavy atom. The van der Waals surface area contributed by atoms with E-state index in [-0.39, 0.29) is 18.1 Å². The van der Waals surface area contributed by atoms with Gasteiger partial charge in [-0.25, -0.2) is 9.59 Å². The van der Waals surface area contributed by atoms with Gasteiger partial charge in [0.05, 0.1) is 11.3 Å². The van der Waals surface area contributed by atoms with E-state index in [1.807, 2.05) is 19.1 Å². The number of aryl methyl sites for hydroxylation is 2. The Kier molecular flexibility index (Phi) is 4.84. The van der Waals surface area contributed by atoms with Crippen LogP contribution in [0.2, 0.25) is 0 Å². The molecule has 26 heavy (non-hydrogen) atoms. The van der Waals surface area contributed by atoms with E-state index in [4.69, 9.17) is 4.74 Å². The summed E-state index contributed by atoms with van der Waals surface area (Å²) < 4.78 is 6.59. The van der Waals surface area contributed by atoms with E-state index in [0.717, 1.165) is 11.3 Å². The van der Waals surface area contributed by atoms with Crippen LogP contribution >= 0.6 is 0 Å². The maximum absolute atomic E-state index is 12.1. The monoisotopic (exact) mass is 350 g/mol. The number of nitrogens with zero attached hydrogens (tertiary/aromatic N) is 1. The number of aromatic nitrogens is 2. The predicted molar refractivity (Wildman–Crippen MR) is 96.9 cm³/mol. The smallest absolute Gasteiger partial charge is 0.338 e. The molecule has 0 unspecified atom stereocenters. The third-order valence-electron chi connectivity index (χ3n) is 4.03. The Balaban J connectivity index is 1.66. The summed E-state index contributed by atoms with van der Waals surface area (Å²) >= 11 is 0. The van der Waals surface area contributed by atoms with E-state index < -0.39 is 5.97 Å². The number of aromatic amines is 1. The molecule has 0 bridgehead atoms. The second-order valence-electron chi connectivity index (χ2n) is 5.98. The molecule has 0 aliphatic rings. The molecule has 0 aliphatic carbocycles. The Morgan fingerprint density at radius 2 is 1.58 bits per heavy atom. The molecular formula is C20H18N2O4. The number of carbonyl (C=O) groups is 2. The van der Waals surface area contributed by atoms with Crippen LogP contribution in [0.15, 0.2) is 59.5 Å². The molecule has 2 aromatic carbocycles. The van der Waals surface area contributed by atoms with Gasteiger partial charge in [-0.05, 0) is 38.1 Å². The van der Waals surface area contributed by atoms with Crippen LogP contribution < -0.4 is 5.69 Å². The molecule has 3 aromatic rings. The molecule has 0 spiro atoms. The minimum Gasteiger partial charge on any atom is -0.454 e. The lowest BCUT2D eigenvalue weighted by molar-refractivity contribution is 0.0475. The fourth-order valence-electron chi connectivity index (χ4n) is 2.56. The summed E-state index contributed by atoms with van der Waals surface area (Å²) in [5.74, 6) is -0.848. The molecule has 1 aromatic heterocycles. The first-order valence-electron chi connectivity index (χ1n) is 8.10. The van der Waals surface area contributed by atoms with Gasteiger partial charge in [0.15, 0.2) is 12.4 Å². The van der Waals surface area contributed by atoms with Gasteiger partial charge in [0.2, 0.25) is 0 Å². The molecule has 3 rings (SSSR count). The Bertz CT molecular complexity index is 996. The van der Waals surface area contributed by atoms with Gasteiger partial charge < -0.3 is 9.72 Å². The average Bonchev–Trinajstić information content (AvgIpc) is 2.98. The molecule has 6 heteroatoms. The number of benzene rings is 2. The number of Topliss-reactive ketones (excluding diaryl/α,β-unsaturated/α-hetero) is 1. The lowest BCUT2D eigenvalue weighted by Crippen LogP contribution is -2.16. The number of nitrogens with one attached hydrogen (secondary N) is 1. The first-order valence-corrected chi connectivity index (χ1v) is 8.10. The van der Waals surface area contributed by atoms with Crippen molar-refractivity contribution in [3.8, 4) is 5.69 Å². The van der Waals surface area contributed by atoms with Gasteiger partial charge >= 0.3 is 11.7 Å². The zero-order chi connectivity index (χ0) is 18.7. The maximum Gasteiger partial charge on any atom is 0.338 e. The molecule has 0 amide bonds. The zero-order valence-corrected chi connectivity index (χ0v) is 14.5. The number of imidazole rings is 1. The summed E-state index contributed by atoms with van der Waals surface area (Å²) in [5, 5.41) is 0. The number of hydrogen-bond acceptors (Lipinski definition) is 4. The summed E-state index contributed by atoms with van der Waals surface area (Å²) in [6, 6.07) is 13.5. The van der Waals surface area contributed by atoms with Gasteiger partial charge in [-0.2, -0.15) is 0 Å². The number of hydrogen-bond donors (Lipinski definition) is 1. The number of carbonyl (C=O) groups excluding carboxylic acids is 2. The highest BCUT2D eigenvalue weighted by atomic mass is 16.5. The van der Waals surface area contributed by atoms with Crippen molar-refractivity contribution < 1.29 is 14.3 Å². The summed E-state index contributed by atoms with van der Waals surface area (Å²) in [7, 11) is 0. The Hall–Kier alpha value is -3.41. The molecule has 0 fully saturated rings. The second-order valence-corrected chi connectivity index (χ2v) is 5.98. The van der Waals surface area contributed by atoms with Crippen LogP contribution in [0.25, 0.3) is 5.69 Å². The maximum atomic E-state index is 12.1. The van der Waals surface area contributed by atoms with Crippen LogP contribution in [0.4, 0.5) is 0 Å². The fraction of sp³-hybridized carbons (Fsp3) is 0.150. The quantitative estimate of drug-likeness (QED) is 0.567. The lowest BCUT2D eigenvalue weighted by Gasteiger charge is -2.07. The summed E-state index contributed by atoms with van der Waals surface area (Å²) in [5.41, 5.74) is 3.01. The number of esters is 1. The van der Waals surface area contributed by atoms with E-state index in [9.17, 15) is 14.4 Å². The molecular weight excluding hydrogens is 332 g/mol. The van der Waals surface area contributed by atoms with E-state index in [1.165, 1.54) is 4.57 Å². The second kappa shape index (κ2) is 7.23. The first-order chi connectivity index (χ1) is 12.5. The molecule has 0 atom stereocenters. The highest BCUT2D eigenvalue weighted by molar-refractivity contribution is 5.99. The van der Waals surface area contributed by atoms with Gasteiger partial charge in [-0.3, -0.25) is 9.36 Å². The SMILES string of the molecule is Cc1ccc(C(=O)COC(=O)c2ccc(-n3c(C)c[nH]c3=O)cc2)cc1. The van der Waals surface area contributed by atoms with Gasteiger partial charge in [0.1, 0.15) is 0 Å². The third-order valence-corrected chi connectivity index (χ3v) is 4.03. The van der Waals surface area contributed by atoms with E-state index in [2.05, 4.69) is 4.98 Å². The number of ether oxygens (including phenoxy) is 1. The van der Waals surface area contributed by atoms with E-state index >= 15 is 0 Å². The van der Waals surface area contributed by atoms with Crippen molar-refractivity contribution in [3.63, 3.8) is 0 Å². The van der Waals surface area contributed by atoms with Crippen molar-refractivity contribution in [2.75, 3.05) is 6.61 Å². The van der Waals surface area contributed by atoms with Crippen molar-refractivity contribution in [1.82, 2.24) is 9.55 Å². The van der Waals surface area contributed by atoms with Crippen LogP contribution in [-0.4, -0.2) is 27.9 Å². The number of rotatable bonds is 5. The predicted octanol–water partition coefficient (Wildman–Crippen LogP) is 2.82. The Labute approximate surface area is 150 Å². The van der Waals surface area contributed by atoms with Crippen molar-refractivity contribution in [2.24, 2.45) is 0 Å². The first kappa shape index (κ1) is 17.4. The standard InChI is InChI=1S/C20H18N2O4/c1-13-3-5-15(6-4-13)18(23)12-26-19(24)16-7-9-17(10-8-16)22-14(2)11-21-20(22)25/h3-11H,12H2,1-2H3,(H,21,25). The van der Waals surface area contributed by atoms with Crippen LogP contribution in [0.5, 0.6) is 0 Å². The Morgan fingerprint density at radius 3 is 2.15 bits per heavy atom. The highest BCUT2D eigenvalue weighted by Crippen LogP contribution is 2.11. The van der Waals surface area contributed by atoms with Crippen LogP contribution in [-0.2, 0) is 4.74 Å². The van der Waals surface area contributed by atoms with E-state index in [0.29, 0.717) is 16.8 Å². The van der Waals surface area contributed by atoms with Gasteiger partial charge in [-0.15, -0.1) is 0 Å². The highest BCUT2D eigenvalue weighted by Gasteiger charge is 2.12. The molecule has 132 valence electrons. The zero-order valence-electron chi connectivity index (χ0n) is 14.5. The summed E-state index contributed by atoms with van der Waals surface area (Å²) in [4.78, 5) is 38.5. The van der Waals surface area contributed by atoms with Gasteiger partial charge in [0, 0.05) is 17.5 Å². The molecule has 0 radical (unpaired) electrons. The largest absolute Gasteiger partial charge is 0.454 e. The summed E-state index contributed by atoms with van der Waals surface area (Å²) in [6.45, 7) is 3.41. The summed E-state index contributed by atoms with van der Waals surface area (Å²) in [6.07, 6.45) is 1.61. The minimum atomic E-state index is -0.588. The van der Waals surface area contributed by atoms with Crippen molar-refractivity contribution >= 4 is 11.8 Å². The fourth-order valence-corrected chi connectivity index (χ4v) is 2.56. The van der Waals surface area contributed by atoms with Crippen molar-refractivity contribution in [1.29, 1.82) is 0 Å². The van der Waals surface area contributed by atoms with Crippen LogP contribution in [0.1, 0.15) is 32.0 Å². The third kappa shape index (κ3) is 3.64. The van der Waals surface area contributed by atoms with Gasteiger partial charge in [-0.1, -0.05) is 29.8 Å². The lowest BCUT2D eigenvalue weighted by atomic mass is 10.1. The molecule has 1 N–H and O–H groups in total. The van der Waals surface area contributed by atoms with Crippen molar-refractivity contribution in [3.05, 3.63) is 87.6 Å². The minimum absolute atomic E-state index is 0.249. The van der Waals surface area contributed by atoms with Gasteiger partial charge in [0.25, 0.3) is 0 Å². The molecule has 0 saturated carbocycles. The van der Waals surface area contributed by atoms with E-state index in [1.54, 1.807) is 49.5 Å². The number of H-pyrrole nitrogens is 1. The molecule has 1 heterocycles.